The number of carbonyl (C=O) groups excluding carboxylic acids is 1. The fourth-order valence-corrected chi connectivity index (χ4v) is 5.72. The Hall–Kier alpha value is -4.09. The first-order chi connectivity index (χ1) is 19.1. The molecule has 0 radical (unpaired) electrons. The molecule has 2 aromatic carbocycles. The van der Waals surface area contributed by atoms with Gasteiger partial charge in [-0.1, -0.05) is 25.0 Å². The fraction of sp³-hybridized carbons (Fsp3) is 0.387. The molecule has 202 valence electrons. The quantitative estimate of drug-likeness (QED) is 0.360. The van der Waals surface area contributed by atoms with Gasteiger partial charge >= 0.3 is 6.09 Å². The lowest BCUT2D eigenvalue weighted by Gasteiger charge is -2.40. The van der Waals surface area contributed by atoms with Crippen LogP contribution in [-0.2, 0) is 4.74 Å². The summed E-state index contributed by atoms with van der Waals surface area (Å²) in [5.74, 6) is 0.861. The molecule has 3 atom stereocenters. The summed E-state index contributed by atoms with van der Waals surface area (Å²) in [6.07, 6.45) is 8.35. The second-order valence-electron chi connectivity index (χ2n) is 10.4. The molecule has 39 heavy (non-hydrogen) atoms. The molecule has 1 aliphatic heterocycles. The summed E-state index contributed by atoms with van der Waals surface area (Å²) in [6.45, 7) is 2.02. The van der Waals surface area contributed by atoms with Gasteiger partial charge in [0.05, 0.1) is 18.7 Å². The molecule has 1 saturated heterocycles. The van der Waals surface area contributed by atoms with Gasteiger partial charge in [-0.3, -0.25) is 5.32 Å². The van der Waals surface area contributed by atoms with Crippen molar-refractivity contribution in [1.29, 1.82) is 5.26 Å². The zero-order valence-electron chi connectivity index (χ0n) is 22.4. The van der Waals surface area contributed by atoms with Gasteiger partial charge in [0.2, 0.25) is 0 Å². The number of carbonyl (C=O) groups is 1. The molecular formula is C31H36N6O2. The number of anilines is 3. The minimum absolute atomic E-state index is 0.305. The first-order valence-electron chi connectivity index (χ1n) is 13.8. The van der Waals surface area contributed by atoms with Crippen LogP contribution < -0.4 is 20.9 Å². The number of amides is 1. The topological polar surface area (TPSA) is 102 Å². The van der Waals surface area contributed by atoms with Crippen molar-refractivity contribution in [3.63, 3.8) is 0 Å². The number of ether oxygens (including phenoxy) is 1. The van der Waals surface area contributed by atoms with Crippen molar-refractivity contribution in [2.45, 2.75) is 56.7 Å². The number of methoxy groups -OCH3 is 1. The maximum atomic E-state index is 11.6. The Labute approximate surface area is 230 Å². The van der Waals surface area contributed by atoms with Crippen LogP contribution in [0.15, 0.2) is 66.9 Å². The summed E-state index contributed by atoms with van der Waals surface area (Å²) >= 11 is 0. The van der Waals surface area contributed by atoms with Gasteiger partial charge in [0.25, 0.3) is 0 Å². The number of hydrogen-bond donors (Lipinski definition) is 3. The Morgan fingerprint density at radius 2 is 1.79 bits per heavy atom. The number of nitrogens with one attached hydrogen (secondary N) is 3. The molecule has 0 spiro atoms. The van der Waals surface area contributed by atoms with Gasteiger partial charge in [-0.2, -0.15) is 5.26 Å². The van der Waals surface area contributed by atoms with Crippen LogP contribution in [0.3, 0.4) is 0 Å². The number of nitriles is 1. The minimum Gasteiger partial charge on any atom is -0.453 e. The number of nitrogens with zero attached hydrogens (tertiary/aromatic N) is 3. The van der Waals surface area contributed by atoms with E-state index in [2.05, 4.69) is 50.1 Å². The second-order valence-corrected chi connectivity index (χ2v) is 10.4. The minimum atomic E-state index is -0.488. The van der Waals surface area contributed by atoms with E-state index in [4.69, 9.17) is 10.00 Å². The SMILES string of the molecule is COC(=O)Nc1cccc(-c2ccnc(N[C@@H]3CCCC[C@H]3N[C@H]3CCCN(c4ccc(C#N)cc4)C3)c2)c1. The predicted molar refractivity (Wildman–Crippen MR) is 155 cm³/mol. The van der Waals surface area contributed by atoms with Crippen molar-refractivity contribution in [2.24, 2.45) is 0 Å². The third kappa shape index (κ3) is 6.87. The molecule has 3 aromatic rings. The van der Waals surface area contributed by atoms with Gasteiger partial charge in [0.1, 0.15) is 5.82 Å². The summed E-state index contributed by atoms with van der Waals surface area (Å²) in [6, 6.07) is 23.0. The summed E-state index contributed by atoms with van der Waals surface area (Å²) in [5.41, 5.74) is 4.60. The lowest BCUT2D eigenvalue weighted by Crippen LogP contribution is -2.54. The van der Waals surface area contributed by atoms with Crippen LogP contribution in [0.4, 0.5) is 22.0 Å². The number of hydrogen-bond acceptors (Lipinski definition) is 7. The molecule has 1 aliphatic carbocycles. The largest absolute Gasteiger partial charge is 0.453 e. The average Bonchev–Trinajstić information content (AvgIpc) is 2.98. The number of pyridine rings is 1. The van der Waals surface area contributed by atoms with E-state index >= 15 is 0 Å². The Kier molecular flexibility index (Phi) is 8.59. The van der Waals surface area contributed by atoms with Crippen molar-refractivity contribution in [1.82, 2.24) is 10.3 Å². The molecular weight excluding hydrogens is 488 g/mol. The van der Waals surface area contributed by atoms with Crippen molar-refractivity contribution >= 4 is 23.3 Å². The smallest absolute Gasteiger partial charge is 0.411 e. The molecule has 2 aliphatic rings. The van der Waals surface area contributed by atoms with Gasteiger partial charge in [-0.05, 0) is 85.3 Å². The zero-order chi connectivity index (χ0) is 27.0. The average molecular weight is 525 g/mol. The molecule has 1 saturated carbocycles. The monoisotopic (exact) mass is 524 g/mol. The molecule has 8 nitrogen and oxygen atoms in total. The summed E-state index contributed by atoms with van der Waals surface area (Å²) < 4.78 is 4.72. The Balaban J connectivity index is 1.24. The summed E-state index contributed by atoms with van der Waals surface area (Å²) in [5, 5.41) is 19.6. The highest BCUT2D eigenvalue weighted by molar-refractivity contribution is 5.85. The van der Waals surface area contributed by atoms with Crippen LogP contribution in [0.1, 0.15) is 44.1 Å². The normalized spacial score (nSPS) is 21.0. The van der Waals surface area contributed by atoms with Gasteiger partial charge < -0.3 is 20.3 Å². The van der Waals surface area contributed by atoms with E-state index in [9.17, 15) is 4.79 Å². The Morgan fingerprint density at radius 3 is 2.59 bits per heavy atom. The summed E-state index contributed by atoms with van der Waals surface area (Å²) in [4.78, 5) is 18.7. The highest BCUT2D eigenvalue weighted by Gasteiger charge is 2.29. The standard InChI is InChI=1S/C31H36N6O2/c1-39-31(38)35-25-7-4-6-23(18-25)24-15-16-33-30(19-24)36-29-10-3-2-9-28(29)34-26-8-5-17-37(21-26)27-13-11-22(20-32)12-14-27/h4,6-7,11-16,18-19,26,28-29,34H,2-3,5,8-10,17,21H2,1H3,(H,33,36)(H,35,38)/t26-,28+,29+/m0/s1. The zero-order valence-corrected chi connectivity index (χ0v) is 22.4. The molecule has 8 heteroatoms. The van der Waals surface area contributed by atoms with Gasteiger partial charge in [-0.25, -0.2) is 9.78 Å². The maximum Gasteiger partial charge on any atom is 0.411 e. The first-order valence-corrected chi connectivity index (χ1v) is 13.8. The van der Waals surface area contributed by atoms with Crippen LogP contribution in [0.2, 0.25) is 0 Å². The molecule has 5 rings (SSSR count). The van der Waals surface area contributed by atoms with Crippen molar-refractivity contribution in [2.75, 3.05) is 35.7 Å². The van der Waals surface area contributed by atoms with E-state index in [0.29, 0.717) is 29.4 Å². The molecule has 0 unspecified atom stereocenters. The van der Waals surface area contributed by atoms with Crippen LogP contribution in [0.25, 0.3) is 11.1 Å². The van der Waals surface area contributed by atoms with Gasteiger partial charge in [0, 0.05) is 48.8 Å². The molecule has 2 heterocycles. The lowest BCUT2D eigenvalue weighted by atomic mass is 9.89. The molecule has 1 aromatic heterocycles. The van der Waals surface area contributed by atoms with Crippen LogP contribution >= 0.6 is 0 Å². The highest BCUT2D eigenvalue weighted by Crippen LogP contribution is 2.28. The lowest BCUT2D eigenvalue weighted by molar-refractivity contribution is 0.187. The van der Waals surface area contributed by atoms with Crippen molar-refractivity contribution in [3.8, 4) is 17.2 Å². The predicted octanol–water partition coefficient (Wildman–Crippen LogP) is 5.78. The van der Waals surface area contributed by atoms with E-state index in [1.54, 1.807) is 0 Å². The molecule has 0 bridgehead atoms. The van der Waals surface area contributed by atoms with E-state index in [1.807, 2.05) is 48.7 Å². The van der Waals surface area contributed by atoms with Crippen LogP contribution in [-0.4, -0.2) is 49.4 Å². The van der Waals surface area contributed by atoms with E-state index in [-0.39, 0.29) is 0 Å². The molecule has 1 amide bonds. The highest BCUT2D eigenvalue weighted by atomic mass is 16.5. The number of benzene rings is 2. The van der Waals surface area contributed by atoms with Gasteiger partial charge in [0.15, 0.2) is 0 Å². The molecule has 3 N–H and O–H groups in total. The third-order valence-corrected chi connectivity index (χ3v) is 7.72. The van der Waals surface area contributed by atoms with Crippen LogP contribution in [0.5, 0.6) is 0 Å². The van der Waals surface area contributed by atoms with E-state index in [1.165, 1.54) is 32.1 Å². The number of rotatable bonds is 7. The number of aromatic nitrogens is 1. The second kappa shape index (κ2) is 12.6. The Morgan fingerprint density at radius 1 is 1.00 bits per heavy atom. The molecule has 2 fully saturated rings. The van der Waals surface area contributed by atoms with Gasteiger partial charge in [-0.15, -0.1) is 0 Å². The maximum absolute atomic E-state index is 11.6. The van der Waals surface area contributed by atoms with E-state index in [0.717, 1.165) is 49.3 Å². The summed E-state index contributed by atoms with van der Waals surface area (Å²) in [7, 11) is 1.35. The first kappa shape index (κ1) is 26.5. The van der Waals surface area contributed by atoms with Crippen molar-refractivity contribution < 1.29 is 9.53 Å². The van der Waals surface area contributed by atoms with E-state index < -0.39 is 6.09 Å². The number of piperidine rings is 1. The fourth-order valence-electron chi connectivity index (χ4n) is 5.72. The Bertz CT molecular complexity index is 1300. The van der Waals surface area contributed by atoms with Crippen LogP contribution in [0, 0.1) is 11.3 Å². The third-order valence-electron chi connectivity index (χ3n) is 7.72. The van der Waals surface area contributed by atoms with Crippen molar-refractivity contribution in [3.05, 3.63) is 72.4 Å².